The molecule has 1 atom stereocenters. The minimum Gasteiger partial charge on any atom is -0.352 e. The van der Waals surface area contributed by atoms with Gasteiger partial charge in [-0.2, -0.15) is 0 Å². The normalized spacial score (nSPS) is 14.6. The van der Waals surface area contributed by atoms with E-state index < -0.39 is 16.1 Å². The first kappa shape index (κ1) is 32.6. The monoisotopic (exact) mass is 623 g/mol. The number of halogens is 1. The number of nitrogens with one attached hydrogen (secondary N) is 1. The van der Waals surface area contributed by atoms with Crippen molar-refractivity contribution >= 4 is 39.1 Å². The maximum Gasteiger partial charge on any atom is 0.243 e. The zero-order valence-electron chi connectivity index (χ0n) is 25.0. The summed E-state index contributed by atoms with van der Waals surface area (Å²) in [5.74, 6) is -0.339. The van der Waals surface area contributed by atoms with E-state index in [9.17, 15) is 18.0 Å². The van der Waals surface area contributed by atoms with Crippen molar-refractivity contribution in [2.45, 2.75) is 76.9 Å². The smallest absolute Gasteiger partial charge is 0.243 e. The molecule has 1 saturated carbocycles. The average Bonchev–Trinajstić information content (AvgIpc) is 2.97. The van der Waals surface area contributed by atoms with Crippen LogP contribution in [0.25, 0.3) is 0 Å². The van der Waals surface area contributed by atoms with Crippen molar-refractivity contribution in [1.29, 1.82) is 0 Å². The van der Waals surface area contributed by atoms with Crippen LogP contribution in [0.1, 0.15) is 61.6 Å². The highest BCUT2D eigenvalue weighted by atomic mass is 35.5. The predicted molar refractivity (Wildman–Crippen MR) is 174 cm³/mol. The van der Waals surface area contributed by atoms with E-state index in [1.807, 2.05) is 61.5 Å². The Hall–Kier alpha value is -3.36. The number of amides is 2. The first-order chi connectivity index (χ1) is 20.6. The zero-order chi connectivity index (χ0) is 30.8. The van der Waals surface area contributed by atoms with E-state index in [1.54, 1.807) is 29.2 Å². The molecule has 230 valence electrons. The zero-order valence-corrected chi connectivity index (χ0v) is 26.6. The molecular formula is C34H42ClN3O4S. The SMILES string of the molecule is Cc1cccc(CN(C(=O)CCCN(c2cccc(Cl)c2)S(C)(=O)=O)[C@@H](Cc2ccccc2)C(=O)NC2CCCCC2)c1. The maximum absolute atomic E-state index is 14.0. The Morgan fingerprint density at radius 2 is 1.63 bits per heavy atom. The Bertz CT molecular complexity index is 1480. The molecular weight excluding hydrogens is 582 g/mol. The maximum atomic E-state index is 14.0. The molecule has 0 bridgehead atoms. The number of aryl methyl sites for hydroxylation is 1. The molecule has 3 aromatic rings. The van der Waals surface area contributed by atoms with E-state index in [4.69, 9.17) is 11.6 Å². The summed E-state index contributed by atoms with van der Waals surface area (Å²) in [6.45, 7) is 2.39. The van der Waals surface area contributed by atoms with Crippen molar-refractivity contribution in [3.05, 3.63) is 101 Å². The van der Waals surface area contributed by atoms with Crippen LogP contribution in [-0.4, -0.2) is 50.0 Å². The molecule has 1 aliphatic rings. The highest BCUT2D eigenvalue weighted by Gasteiger charge is 2.32. The van der Waals surface area contributed by atoms with Crippen molar-refractivity contribution in [3.8, 4) is 0 Å². The van der Waals surface area contributed by atoms with Gasteiger partial charge >= 0.3 is 0 Å². The number of benzene rings is 3. The van der Waals surface area contributed by atoms with Gasteiger partial charge in [0.05, 0.1) is 11.9 Å². The quantitative estimate of drug-likeness (QED) is 0.243. The predicted octanol–water partition coefficient (Wildman–Crippen LogP) is 6.28. The fourth-order valence-corrected chi connectivity index (χ4v) is 6.88. The molecule has 1 fully saturated rings. The molecule has 0 aliphatic heterocycles. The molecule has 43 heavy (non-hydrogen) atoms. The second-order valence-electron chi connectivity index (χ2n) is 11.5. The van der Waals surface area contributed by atoms with Gasteiger partial charge in [0.1, 0.15) is 6.04 Å². The third-order valence-corrected chi connectivity index (χ3v) is 9.34. The van der Waals surface area contributed by atoms with E-state index in [2.05, 4.69) is 5.32 Å². The summed E-state index contributed by atoms with van der Waals surface area (Å²) in [5.41, 5.74) is 3.43. The van der Waals surface area contributed by atoms with Gasteiger partial charge in [0.2, 0.25) is 21.8 Å². The van der Waals surface area contributed by atoms with E-state index in [-0.39, 0.29) is 43.8 Å². The third-order valence-electron chi connectivity index (χ3n) is 7.91. The summed E-state index contributed by atoms with van der Waals surface area (Å²) in [6.07, 6.45) is 7.14. The number of hydrogen-bond donors (Lipinski definition) is 1. The third kappa shape index (κ3) is 9.83. The summed E-state index contributed by atoms with van der Waals surface area (Å²) in [5, 5.41) is 3.69. The number of carbonyl (C=O) groups excluding carboxylic acids is 2. The Kier molecular flexibility index (Phi) is 11.7. The molecule has 0 aromatic heterocycles. The second-order valence-corrected chi connectivity index (χ2v) is 13.8. The lowest BCUT2D eigenvalue weighted by Gasteiger charge is -2.34. The first-order valence-electron chi connectivity index (χ1n) is 15.0. The summed E-state index contributed by atoms with van der Waals surface area (Å²) in [7, 11) is -3.61. The Labute approximate surface area is 261 Å². The van der Waals surface area contributed by atoms with E-state index in [0.717, 1.165) is 48.6 Å². The van der Waals surface area contributed by atoms with Gasteiger partial charge in [-0.05, 0) is 55.5 Å². The van der Waals surface area contributed by atoms with Crippen LogP contribution >= 0.6 is 11.6 Å². The molecule has 3 aromatic carbocycles. The van der Waals surface area contributed by atoms with Crippen LogP contribution in [-0.2, 0) is 32.6 Å². The topological polar surface area (TPSA) is 86.8 Å². The lowest BCUT2D eigenvalue weighted by molar-refractivity contribution is -0.141. The molecule has 2 amide bonds. The minimum atomic E-state index is -3.61. The van der Waals surface area contributed by atoms with Crippen LogP contribution in [0.3, 0.4) is 0 Å². The van der Waals surface area contributed by atoms with Crippen LogP contribution in [0.4, 0.5) is 5.69 Å². The van der Waals surface area contributed by atoms with Gasteiger partial charge in [-0.25, -0.2) is 8.42 Å². The van der Waals surface area contributed by atoms with Gasteiger partial charge < -0.3 is 10.2 Å². The molecule has 1 aliphatic carbocycles. The first-order valence-corrected chi connectivity index (χ1v) is 17.3. The summed E-state index contributed by atoms with van der Waals surface area (Å²) >= 11 is 6.13. The standard InChI is InChI=1S/C34H42ClN3O4S/c1-26-12-9-15-28(22-26)25-37(33(39)20-11-21-38(43(2,41)42)31-19-10-16-29(35)24-31)32(23-27-13-5-3-6-14-27)34(40)36-30-17-7-4-8-18-30/h3,5-6,9-10,12-16,19,22,24,30,32H,4,7-8,11,17-18,20-21,23,25H2,1-2H3,(H,36,40)/t32-/m0/s1. The summed E-state index contributed by atoms with van der Waals surface area (Å²) < 4.78 is 26.6. The van der Waals surface area contributed by atoms with Crippen LogP contribution in [0.5, 0.6) is 0 Å². The molecule has 0 spiro atoms. The highest BCUT2D eigenvalue weighted by Crippen LogP contribution is 2.24. The van der Waals surface area contributed by atoms with Gasteiger partial charge in [-0.3, -0.25) is 13.9 Å². The molecule has 7 nitrogen and oxygen atoms in total. The van der Waals surface area contributed by atoms with Crippen molar-refractivity contribution in [1.82, 2.24) is 10.2 Å². The lowest BCUT2D eigenvalue weighted by atomic mass is 9.94. The van der Waals surface area contributed by atoms with Crippen molar-refractivity contribution in [3.63, 3.8) is 0 Å². The van der Waals surface area contributed by atoms with E-state index in [1.165, 1.54) is 10.7 Å². The van der Waals surface area contributed by atoms with E-state index in [0.29, 0.717) is 17.1 Å². The number of rotatable bonds is 13. The van der Waals surface area contributed by atoms with Crippen LogP contribution in [0.2, 0.25) is 5.02 Å². The fraction of sp³-hybridized carbons (Fsp3) is 0.412. The molecule has 1 N–H and O–H groups in total. The number of hydrogen-bond acceptors (Lipinski definition) is 4. The molecule has 9 heteroatoms. The number of sulfonamides is 1. The highest BCUT2D eigenvalue weighted by molar-refractivity contribution is 7.92. The van der Waals surface area contributed by atoms with Crippen LogP contribution in [0.15, 0.2) is 78.9 Å². The molecule has 0 saturated heterocycles. The van der Waals surface area contributed by atoms with Crippen molar-refractivity contribution in [2.75, 3.05) is 17.1 Å². The number of nitrogens with zero attached hydrogens (tertiary/aromatic N) is 2. The number of anilines is 1. The second kappa shape index (κ2) is 15.4. The molecule has 0 heterocycles. The molecule has 4 rings (SSSR count). The Morgan fingerprint density at radius 1 is 0.930 bits per heavy atom. The van der Waals surface area contributed by atoms with Gasteiger partial charge in [0, 0.05) is 37.0 Å². The lowest BCUT2D eigenvalue weighted by Crippen LogP contribution is -2.53. The van der Waals surface area contributed by atoms with Gasteiger partial charge in [0.15, 0.2) is 0 Å². The molecule has 0 unspecified atom stereocenters. The number of carbonyl (C=O) groups is 2. The van der Waals surface area contributed by atoms with E-state index >= 15 is 0 Å². The van der Waals surface area contributed by atoms with Gasteiger partial charge in [-0.1, -0.05) is 97.1 Å². The van der Waals surface area contributed by atoms with Crippen molar-refractivity contribution < 1.29 is 18.0 Å². The Balaban J connectivity index is 1.59. The molecule has 0 radical (unpaired) electrons. The summed E-state index contributed by atoms with van der Waals surface area (Å²) in [6, 6.07) is 23.8. The van der Waals surface area contributed by atoms with Gasteiger partial charge in [0.25, 0.3) is 0 Å². The van der Waals surface area contributed by atoms with Crippen LogP contribution in [0, 0.1) is 6.92 Å². The Morgan fingerprint density at radius 3 is 2.30 bits per heavy atom. The fourth-order valence-electron chi connectivity index (χ4n) is 5.74. The van der Waals surface area contributed by atoms with Crippen LogP contribution < -0.4 is 9.62 Å². The van der Waals surface area contributed by atoms with Crippen molar-refractivity contribution in [2.24, 2.45) is 0 Å². The average molecular weight is 624 g/mol. The largest absolute Gasteiger partial charge is 0.352 e. The van der Waals surface area contributed by atoms with Gasteiger partial charge in [-0.15, -0.1) is 0 Å². The summed E-state index contributed by atoms with van der Waals surface area (Å²) in [4.78, 5) is 29.7. The minimum absolute atomic E-state index is 0.0837.